The van der Waals surface area contributed by atoms with Crippen LogP contribution in [0.3, 0.4) is 0 Å². The number of aryl methyl sites for hydroxylation is 1. The fourth-order valence-corrected chi connectivity index (χ4v) is 3.70. The number of alkyl halides is 1. The standard InChI is InChI=1S/C12H9Br2FS/c1-7-6-10(16-12(7)14)11(13)8-2-4-9(15)5-3-8/h2-6,11H,1H3. The van der Waals surface area contributed by atoms with Crippen LogP contribution in [-0.4, -0.2) is 0 Å². The first kappa shape index (κ1) is 12.3. The van der Waals surface area contributed by atoms with E-state index in [-0.39, 0.29) is 10.6 Å². The van der Waals surface area contributed by atoms with Crippen LogP contribution in [0.25, 0.3) is 0 Å². The summed E-state index contributed by atoms with van der Waals surface area (Å²) in [6.45, 7) is 2.06. The highest BCUT2D eigenvalue weighted by Crippen LogP contribution is 2.38. The maximum absolute atomic E-state index is 12.8. The van der Waals surface area contributed by atoms with Gasteiger partial charge in [-0.25, -0.2) is 4.39 Å². The predicted molar refractivity (Wildman–Crippen MR) is 73.9 cm³/mol. The molecule has 1 aromatic heterocycles. The second-order valence-electron chi connectivity index (χ2n) is 3.52. The van der Waals surface area contributed by atoms with Crippen molar-refractivity contribution >= 4 is 43.2 Å². The smallest absolute Gasteiger partial charge is 0.123 e. The van der Waals surface area contributed by atoms with Gasteiger partial charge in [-0.2, -0.15) is 0 Å². The van der Waals surface area contributed by atoms with Gasteiger partial charge in [0, 0.05) is 4.88 Å². The molecule has 0 nitrogen and oxygen atoms in total. The van der Waals surface area contributed by atoms with Crippen LogP contribution in [0.2, 0.25) is 0 Å². The van der Waals surface area contributed by atoms with E-state index in [2.05, 4.69) is 44.8 Å². The first-order chi connectivity index (χ1) is 7.58. The van der Waals surface area contributed by atoms with Crippen LogP contribution >= 0.6 is 43.2 Å². The summed E-state index contributed by atoms with van der Waals surface area (Å²) in [6.07, 6.45) is 0. The van der Waals surface area contributed by atoms with Crippen molar-refractivity contribution in [2.45, 2.75) is 11.8 Å². The molecule has 16 heavy (non-hydrogen) atoms. The molecule has 1 unspecified atom stereocenters. The van der Waals surface area contributed by atoms with E-state index in [1.807, 2.05) is 0 Å². The lowest BCUT2D eigenvalue weighted by atomic mass is 10.1. The van der Waals surface area contributed by atoms with Gasteiger partial charge in [-0.3, -0.25) is 0 Å². The first-order valence-electron chi connectivity index (χ1n) is 4.73. The summed E-state index contributed by atoms with van der Waals surface area (Å²) in [5.41, 5.74) is 2.29. The van der Waals surface area contributed by atoms with E-state index in [0.29, 0.717) is 0 Å². The van der Waals surface area contributed by atoms with Gasteiger partial charge >= 0.3 is 0 Å². The maximum atomic E-state index is 12.8. The third-order valence-electron chi connectivity index (χ3n) is 2.29. The van der Waals surface area contributed by atoms with Crippen LogP contribution in [0.5, 0.6) is 0 Å². The van der Waals surface area contributed by atoms with Crippen molar-refractivity contribution in [1.29, 1.82) is 0 Å². The summed E-state index contributed by atoms with van der Waals surface area (Å²) in [5.74, 6) is -0.202. The second-order valence-corrected chi connectivity index (χ2v) is 6.84. The average molecular weight is 364 g/mol. The van der Waals surface area contributed by atoms with E-state index in [1.54, 1.807) is 23.5 Å². The quantitative estimate of drug-likeness (QED) is 0.623. The SMILES string of the molecule is Cc1cc(C(Br)c2ccc(F)cc2)sc1Br. The Balaban J connectivity index is 2.31. The first-order valence-corrected chi connectivity index (χ1v) is 7.26. The van der Waals surface area contributed by atoms with E-state index in [1.165, 1.54) is 22.6 Å². The molecular formula is C12H9Br2FS. The summed E-state index contributed by atoms with van der Waals surface area (Å²) < 4.78 is 13.9. The molecule has 1 aromatic carbocycles. The summed E-state index contributed by atoms with van der Waals surface area (Å²) in [4.78, 5) is 1.35. The molecule has 0 amide bonds. The van der Waals surface area contributed by atoms with E-state index >= 15 is 0 Å². The molecule has 2 aromatic rings. The molecule has 0 aliphatic carbocycles. The largest absolute Gasteiger partial charge is 0.207 e. The van der Waals surface area contributed by atoms with Crippen molar-refractivity contribution in [2.24, 2.45) is 0 Å². The van der Waals surface area contributed by atoms with Crippen molar-refractivity contribution in [3.8, 4) is 0 Å². The lowest BCUT2D eigenvalue weighted by Crippen LogP contribution is -1.89. The number of thiophene rings is 1. The molecular weight excluding hydrogens is 355 g/mol. The third-order valence-corrected chi connectivity index (χ3v) is 5.82. The lowest BCUT2D eigenvalue weighted by Gasteiger charge is -2.07. The third kappa shape index (κ3) is 2.55. The fourth-order valence-electron chi connectivity index (χ4n) is 1.40. The van der Waals surface area contributed by atoms with Crippen LogP contribution in [0.15, 0.2) is 34.1 Å². The van der Waals surface area contributed by atoms with E-state index in [9.17, 15) is 4.39 Å². The van der Waals surface area contributed by atoms with Crippen LogP contribution in [0.4, 0.5) is 4.39 Å². The summed E-state index contributed by atoms with van der Waals surface area (Å²) in [7, 11) is 0. The Morgan fingerprint density at radius 2 is 1.88 bits per heavy atom. The molecule has 1 atom stereocenters. The van der Waals surface area contributed by atoms with Gasteiger partial charge in [-0.15, -0.1) is 11.3 Å². The van der Waals surface area contributed by atoms with Gasteiger partial charge in [-0.1, -0.05) is 28.1 Å². The highest BCUT2D eigenvalue weighted by molar-refractivity contribution is 9.11. The van der Waals surface area contributed by atoms with Gasteiger partial charge in [0.15, 0.2) is 0 Å². The predicted octanol–water partition coefficient (Wildman–Crippen LogP) is 5.44. The summed E-state index contributed by atoms with van der Waals surface area (Å²) in [5, 5.41) is 0. The molecule has 84 valence electrons. The van der Waals surface area contributed by atoms with Crippen molar-refractivity contribution in [1.82, 2.24) is 0 Å². The number of benzene rings is 1. The molecule has 4 heteroatoms. The van der Waals surface area contributed by atoms with Gasteiger partial charge in [-0.05, 0) is 52.2 Å². The number of halogens is 3. The normalized spacial score (nSPS) is 12.8. The lowest BCUT2D eigenvalue weighted by molar-refractivity contribution is 0.627. The van der Waals surface area contributed by atoms with Gasteiger partial charge in [0.2, 0.25) is 0 Å². The minimum Gasteiger partial charge on any atom is -0.207 e. The van der Waals surface area contributed by atoms with Crippen molar-refractivity contribution in [3.63, 3.8) is 0 Å². The Labute approximate surface area is 115 Å². The second kappa shape index (κ2) is 4.98. The zero-order chi connectivity index (χ0) is 11.7. The van der Waals surface area contributed by atoms with Crippen LogP contribution in [0.1, 0.15) is 20.8 Å². The van der Waals surface area contributed by atoms with E-state index in [4.69, 9.17) is 0 Å². The molecule has 0 saturated heterocycles. The highest BCUT2D eigenvalue weighted by atomic mass is 79.9. The Morgan fingerprint density at radius 1 is 1.25 bits per heavy atom. The molecule has 0 saturated carbocycles. The Hall–Kier alpha value is -0.190. The average Bonchev–Trinajstić information content (AvgIpc) is 2.59. The Kier molecular flexibility index (Phi) is 3.82. The summed E-state index contributed by atoms with van der Waals surface area (Å²) in [6, 6.07) is 8.71. The van der Waals surface area contributed by atoms with Crippen molar-refractivity contribution in [3.05, 3.63) is 55.9 Å². The highest BCUT2D eigenvalue weighted by Gasteiger charge is 2.14. The summed E-state index contributed by atoms with van der Waals surface area (Å²) >= 11 is 8.84. The Bertz CT molecular complexity index is 471. The molecule has 0 aliphatic rings. The fraction of sp³-hybridized carbons (Fsp3) is 0.167. The zero-order valence-corrected chi connectivity index (χ0v) is 12.5. The topological polar surface area (TPSA) is 0 Å². The number of hydrogen-bond acceptors (Lipinski definition) is 1. The van der Waals surface area contributed by atoms with Gasteiger partial charge < -0.3 is 0 Å². The minimum absolute atomic E-state index is 0.128. The monoisotopic (exact) mass is 362 g/mol. The van der Waals surface area contributed by atoms with Gasteiger partial charge in [0.1, 0.15) is 5.82 Å². The maximum Gasteiger partial charge on any atom is 0.123 e. The van der Waals surface area contributed by atoms with Crippen LogP contribution in [0, 0.1) is 12.7 Å². The van der Waals surface area contributed by atoms with E-state index < -0.39 is 0 Å². The molecule has 1 heterocycles. The Morgan fingerprint density at radius 3 is 2.38 bits per heavy atom. The molecule has 0 fully saturated rings. The molecule has 0 spiro atoms. The van der Waals surface area contributed by atoms with Crippen molar-refractivity contribution in [2.75, 3.05) is 0 Å². The van der Waals surface area contributed by atoms with Gasteiger partial charge in [0.25, 0.3) is 0 Å². The number of hydrogen-bond donors (Lipinski definition) is 0. The van der Waals surface area contributed by atoms with Crippen molar-refractivity contribution < 1.29 is 4.39 Å². The van der Waals surface area contributed by atoms with E-state index in [0.717, 1.165) is 9.35 Å². The van der Waals surface area contributed by atoms with Gasteiger partial charge in [0.05, 0.1) is 8.61 Å². The van der Waals surface area contributed by atoms with Crippen LogP contribution < -0.4 is 0 Å². The minimum atomic E-state index is -0.202. The zero-order valence-electron chi connectivity index (χ0n) is 8.51. The number of rotatable bonds is 2. The molecule has 0 bridgehead atoms. The van der Waals surface area contributed by atoms with Crippen LogP contribution in [-0.2, 0) is 0 Å². The molecule has 0 N–H and O–H groups in total. The molecule has 0 aliphatic heterocycles. The molecule has 0 radical (unpaired) electrons. The molecule has 2 rings (SSSR count).